The molecule has 1 saturated heterocycles. The van der Waals surface area contributed by atoms with E-state index in [4.69, 9.17) is 5.10 Å². The molecule has 264 valence electrons. The Labute approximate surface area is 283 Å². The molecule has 0 unspecified atom stereocenters. The Balaban J connectivity index is 1.46. The van der Waals surface area contributed by atoms with E-state index in [0.717, 1.165) is 12.1 Å². The Morgan fingerprint density at radius 2 is 1.54 bits per heavy atom. The third-order valence-electron chi connectivity index (χ3n) is 8.93. The fourth-order valence-corrected chi connectivity index (χ4v) is 6.60. The number of likely N-dealkylation sites (N-methyl/N-ethyl adjacent to an activating group) is 1. The van der Waals surface area contributed by atoms with Gasteiger partial charge >= 0.3 is 12.4 Å². The van der Waals surface area contributed by atoms with Gasteiger partial charge in [-0.05, 0) is 55.0 Å². The van der Waals surface area contributed by atoms with Crippen LogP contribution in [0.3, 0.4) is 0 Å². The first kappa shape index (κ1) is 35.1. The predicted molar refractivity (Wildman–Crippen MR) is 170 cm³/mol. The molecule has 2 aliphatic rings. The lowest BCUT2D eigenvalue weighted by Gasteiger charge is -2.39. The van der Waals surface area contributed by atoms with E-state index in [0.29, 0.717) is 47.5 Å². The Morgan fingerprint density at radius 3 is 2.16 bits per heavy atom. The fraction of sp³-hybridized carbons (Fsp3) is 0.343. The number of benzene rings is 3. The summed E-state index contributed by atoms with van der Waals surface area (Å²) in [4.78, 5) is 32.7. The number of hydrogen-bond acceptors (Lipinski definition) is 5. The Kier molecular flexibility index (Phi) is 9.73. The van der Waals surface area contributed by atoms with E-state index in [-0.39, 0.29) is 31.7 Å². The van der Waals surface area contributed by atoms with Crippen LogP contribution < -0.4 is 10.2 Å². The SMILES string of the molecule is CCN1C(=O)[C@@H](NC(=O)c2cccc(C(F)(F)F)c2)[C@@H](c2ccc(F)cc2)c2c(CN3CCN(CC(F)(F)F)CC3)nn(-c3ccccc3)c21. The number of nitrogens with one attached hydrogen (secondary N) is 1. The van der Waals surface area contributed by atoms with Crippen LogP contribution in [0.5, 0.6) is 0 Å². The van der Waals surface area contributed by atoms with Gasteiger partial charge in [0.25, 0.3) is 11.8 Å². The van der Waals surface area contributed by atoms with Crippen molar-refractivity contribution in [3.05, 3.63) is 113 Å². The molecule has 3 heterocycles. The highest BCUT2D eigenvalue weighted by molar-refractivity contribution is 6.05. The second kappa shape index (κ2) is 13.9. The number of aromatic nitrogens is 2. The highest BCUT2D eigenvalue weighted by Crippen LogP contribution is 2.44. The van der Waals surface area contributed by atoms with Gasteiger partial charge in [-0.15, -0.1) is 0 Å². The zero-order chi connectivity index (χ0) is 35.8. The van der Waals surface area contributed by atoms with Crippen LogP contribution >= 0.6 is 0 Å². The summed E-state index contributed by atoms with van der Waals surface area (Å²) in [6.45, 7) is 1.95. The first-order chi connectivity index (χ1) is 23.7. The number of para-hydroxylation sites is 1. The van der Waals surface area contributed by atoms with Gasteiger partial charge in [-0.1, -0.05) is 36.4 Å². The molecule has 0 radical (unpaired) electrons. The zero-order valence-corrected chi connectivity index (χ0v) is 26.8. The monoisotopic (exact) mass is 702 g/mol. The van der Waals surface area contributed by atoms with E-state index in [9.17, 15) is 40.3 Å². The number of amides is 2. The maximum Gasteiger partial charge on any atom is 0.416 e. The highest BCUT2D eigenvalue weighted by Gasteiger charge is 2.46. The third kappa shape index (κ3) is 7.38. The van der Waals surface area contributed by atoms with Crippen molar-refractivity contribution in [2.75, 3.05) is 44.2 Å². The molecule has 1 N–H and O–H groups in total. The molecule has 4 aromatic rings. The molecular weight excluding hydrogens is 669 g/mol. The van der Waals surface area contributed by atoms with Crippen molar-refractivity contribution in [3.8, 4) is 5.69 Å². The number of carbonyl (C=O) groups is 2. The first-order valence-corrected chi connectivity index (χ1v) is 16.0. The normalized spacial score (nSPS) is 19.0. The molecule has 0 spiro atoms. The van der Waals surface area contributed by atoms with Crippen LogP contribution in [0, 0.1) is 5.82 Å². The van der Waals surface area contributed by atoms with Crippen LogP contribution in [0.1, 0.15) is 45.6 Å². The summed E-state index contributed by atoms with van der Waals surface area (Å²) in [6, 6.07) is 16.8. The number of piperazine rings is 1. The Hall–Kier alpha value is -4.76. The number of alkyl halides is 6. The van der Waals surface area contributed by atoms with Crippen LogP contribution in [0.4, 0.5) is 36.6 Å². The van der Waals surface area contributed by atoms with Crippen LogP contribution in [0.25, 0.3) is 5.69 Å². The zero-order valence-electron chi connectivity index (χ0n) is 26.8. The topological polar surface area (TPSA) is 73.7 Å². The minimum Gasteiger partial charge on any atom is -0.339 e. The second-order valence-electron chi connectivity index (χ2n) is 12.2. The quantitative estimate of drug-likeness (QED) is 0.228. The minimum atomic E-state index is -4.71. The summed E-state index contributed by atoms with van der Waals surface area (Å²) in [5, 5.41) is 7.63. The number of anilines is 1. The Morgan fingerprint density at radius 1 is 0.880 bits per heavy atom. The number of rotatable bonds is 8. The van der Waals surface area contributed by atoms with Gasteiger partial charge in [0.15, 0.2) is 0 Å². The van der Waals surface area contributed by atoms with Crippen molar-refractivity contribution in [1.82, 2.24) is 24.9 Å². The van der Waals surface area contributed by atoms with Gasteiger partial charge in [0.05, 0.1) is 23.5 Å². The fourth-order valence-electron chi connectivity index (χ4n) is 6.60. The molecule has 0 bridgehead atoms. The van der Waals surface area contributed by atoms with E-state index < -0.39 is 54.1 Å². The van der Waals surface area contributed by atoms with Gasteiger partial charge in [-0.25, -0.2) is 9.07 Å². The van der Waals surface area contributed by atoms with Crippen molar-refractivity contribution >= 4 is 17.6 Å². The molecular formula is C35H33F7N6O2. The lowest BCUT2D eigenvalue weighted by Crippen LogP contribution is -2.55. The molecule has 2 amide bonds. The van der Waals surface area contributed by atoms with Gasteiger partial charge in [-0.3, -0.25) is 24.3 Å². The summed E-state index contributed by atoms with van der Waals surface area (Å²) >= 11 is 0. The van der Waals surface area contributed by atoms with E-state index in [1.165, 1.54) is 40.1 Å². The van der Waals surface area contributed by atoms with E-state index in [1.807, 2.05) is 11.0 Å². The van der Waals surface area contributed by atoms with Crippen molar-refractivity contribution in [2.45, 2.75) is 37.8 Å². The molecule has 3 aromatic carbocycles. The van der Waals surface area contributed by atoms with Crippen molar-refractivity contribution < 1.29 is 40.3 Å². The maximum absolute atomic E-state index is 14.4. The molecule has 1 fully saturated rings. The van der Waals surface area contributed by atoms with E-state index >= 15 is 0 Å². The summed E-state index contributed by atoms with van der Waals surface area (Å²) in [5.74, 6) is -2.59. The van der Waals surface area contributed by atoms with Gasteiger partial charge in [0, 0.05) is 56.3 Å². The average molecular weight is 703 g/mol. The highest BCUT2D eigenvalue weighted by atomic mass is 19.4. The van der Waals surface area contributed by atoms with Gasteiger partial charge < -0.3 is 5.32 Å². The van der Waals surface area contributed by atoms with Gasteiger partial charge in [0.2, 0.25) is 0 Å². The van der Waals surface area contributed by atoms with Crippen LogP contribution in [-0.4, -0.2) is 82.9 Å². The molecule has 2 aliphatic heterocycles. The molecule has 8 nitrogen and oxygen atoms in total. The molecule has 6 rings (SSSR count). The lowest BCUT2D eigenvalue weighted by molar-refractivity contribution is -0.149. The molecule has 15 heteroatoms. The second-order valence-corrected chi connectivity index (χ2v) is 12.2. The van der Waals surface area contributed by atoms with Crippen LogP contribution in [0.15, 0.2) is 78.9 Å². The maximum atomic E-state index is 14.4. The summed E-state index contributed by atoms with van der Waals surface area (Å²) in [5.41, 5.74) is 0.710. The third-order valence-corrected chi connectivity index (χ3v) is 8.93. The van der Waals surface area contributed by atoms with E-state index in [2.05, 4.69) is 5.32 Å². The Bertz CT molecular complexity index is 1830. The van der Waals surface area contributed by atoms with E-state index in [1.54, 1.807) is 35.9 Å². The molecule has 2 atom stereocenters. The summed E-state index contributed by atoms with van der Waals surface area (Å²) in [7, 11) is 0. The number of hydrogen-bond donors (Lipinski definition) is 1. The van der Waals surface area contributed by atoms with Crippen molar-refractivity contribution in [1.29, 1.82) is 0 Å². The predicted octanol–water partition coefficient (Wildman–Crippen LogP) is 6.01. The number of nitrogens with zero attached hydrogens (tertiary/aromatic N) is 5. The summed E-state index contributed by atoms with van der Waals surface area (Å²) in [6.07, 6.45) is -9.04. The number of fused-ring (bicyclic) bond motifs is 1. The largest absolute Gasteiger partial charge is 0.416 e. The number of halogens is 7. The summed E-state index contributed by atoms with van der Waals surface area (Å²) < 4.78 is 95.6. The minimum absolute atomic E-state index is 0.131. The van der Waals surface area contributed by atoms with Crippen molar-refractivity contribution in [2.24, 2.45) is 0 Å². The molecule has 1 aromatic heterocycles. The first-order valence-electron chi connectivity index (χ1n) is 16.0. The lowest BCUT2D eigenvalue weighted by atomic mass is 9.80. The molecule has 50 heavy (non-hydrogen) atoms. The standard InChI is InChI=1S/C35H33F7N6O2/c1-2-47-32-29(27(44-48(32)26-9-4-3-5-10-26)20-45-15-17-46(18-16-45)21-34(37,38)39)28(22-11-13-25(36)14-12-22)30(33(47)50)43-31(49)23-7-6-8-24(19-23)35(40,41)42/h3-14,19,28,30H,2,15-18,20-21H2,1H3,(H,43,49)/t28-,30-/m0/s1. The average Bonchev–Trinajstić information content (AvgIpc) is 3.44. The van der Waals surface area contributed by atoms with Gasteiger partial charge in [-0.2, -0.15) is 31.4 Å². The van der Waals surface area contributed by atoms with Crippen molar-refractivity contribution in [3.63, 3.8) is 0 Å². The molecule has 0 aliphatic carbocycles. The molecule has 0 saturated carbocycles. The van der Waals surface area contributed by atoms with Crippen LogP contribution in [-0.2, 0) is 17.5 Å². The smallest absolute Gasteiger partial charge is 0.339 e. The number of carbonyl (C=O) groups excluding carboxylic acids is 2. The van der Waals surface area contributed by atoms with Gasteiger partial charge in [0.1, 0.15) is 17.7 Å². The van der Waals surface area contributed by atoms with Crippen LogP contribution in [0.2, 0.25) is 0 Å².